The predicted octanol–water partition coefficient (Wildman–Crippen LogP) is 3.76. The Balaban J connectivity index is 1.67. The first-order valence-corrected chi connectivity index (χ1v) is 8.55. The Kier molecular flexibility index (Phi) is 3.72. The van der Waals surface area contributed by atoms with Gasteiger partial charge in [0.05, 0.1) is 28.5 Å². The van der Waals surface area contributed by atoms with Crippen LogP contribution in [0.1, 0.15) is 41.8 Å². The maximum atomic E-state index is 12.8. The number of nitrogens with one attached hydrogen (secondary N) is 2. The monoisotopic (exact) mass is 348 g/mol. The van der Waals surface area contributed by atoms with E-state index < -0.39 is 0 Å². The number of H-pyrrole nitrogens is 1. The van der Waals surface area contributed by atoms with Crippen LogP contribution in [0.2, 0.25) is 0 Å². The minimum atomic E-state index is -0.190. The zero-order valence-electron chi connectivity index (χ0n) is 15.2. The quantitative estimate of drug-likeness (QED) is 0.590. The van der Waals surface area contributed by atoms with Crippen molar-refractivity contribution in [3.63, 3.8) is 0 Å². The molecule has 2 N–H and O–H groups in total. The molecule has 26 heavy (non-hydrogen) atoms. The summed E-state index contributed by atoms with van der Waals surface area (Å²) in [5.74, 6) is 0.654. The van der Waals surface area contributed by atoms with Gasteiger partial charge in [0.25, 0.3) is 5.91 Å². The Bertz CT molecular complexity index is 1140. The molecule has 4 aromatic rings. The standard InChI is InChI=1S/C19H20N6O/c1-10(2)25-18-13(9-20-25)7-15(11(3)21-18)19(26)24-14-5-6-16-17(8-14)23-12(4)22-16/h5-10H,1-4H3,(H,22,23)(H,24,26). The van der Waals surface area contributed by atoms with Crippen molar-refractivity contribution in [2.45, 2.75) is 33.7 Å². The van der Waals surface area contributed by atoms with Gasteiger partial charge in [-0.25, -0.2) is 14.6 Å². The molecule has 0 saturated carbocycles. The second-order valence-corrected chi connectivity index (χ2v) is 6.73. The summed E-state index contributed by atoms with van der Waals surface area (Å²) in [5, 5.41) is 8.16. The summed E-state index contributed by atoms with van der Waals surface area (Å²) in [4.78, 5) is 24.9. The Labute approximate surface area is 150 Å². The smallest absolute Gasteiger partial charge is 0.257 e. The van der Waals surface area contributed by atoms with Crippen LogP contribution in [0.5, 0.6) is 0 Å². The van der Waals surface area contributed by atoms with E-state index in [0.717, 1.165) is 27.9 Å². The molecule has 0 unspecified atom stereocenters. The van der Waals surface area contributed by atoms with Gasteiger partial charge in [-0.1, -0.05) is 0 Å². The van der Waals surface area contributed by atoms with Gasteiger partial charge in [0, 0.05) is 17.1 Å². The van der Waals surface area contributed by atoms with E-state index in [2.05, 4.69) is 39.2 Å². The molecule has 0 aliphatic heterocycles. The number of rotatable bonds is 3. The molecule has 0 aliphatic rings. The Hall–Kier alpha value is -3.22. The first-order valence-electron chi connectivity index (χ1n) is 8.55. The summed E-state index contributed by atoms with van der Waals surface area (Å²) in [6.45, 7) is 7.85. The highest BCUT2D eigenvalue weighted by molar-refractivity contribution is 6.07. The Morgan fingerprint density at radius 3 is 2.77 bits per heavy atom. The summed E-state index contributed by atoms with van der Waals surface area (Å²) in [6, 6.07) is 7.67. The molecule has 7 heteroatoms. The maximum absolute atomic E-state index is 12.8. The van der Waals surface area contributed by atoms with Gasteiger partial charge in [0.1, 0.15) is 5.82 Å². The molecule has 0 aliphatic carbocycles. The van der Waals surface area contributed by atoms with Gasteiger partial charge >= 0.3 is 0 Å². The third-order valence-corrected chi connectivity index (χ3v) is 4.35. The molecule has 3 heterocycles. The highest BCUT2D eigenvalue weighted by Crippen LogP contribution is 2.21. The minimum absolute atomic E-state index is 0.190. The van der Waals surface area contributed by atoms with Crippen molar-refractivity contribution in [3.05, 3.63) is 47.5 Å². The lowest BCUT2D eigenvalue weighted by molar-refractivity contribution is 0.102. The van der Waals surface area contributed by atoms with E-state index in [1.54, 1.807) is 6.20 Å². The van der Waals surface area contributed by atoms with E-state index in [1.165, 1.54) is 0 Å². The number of aromatic amines is 1. The van der Waals surface area contributed by atoms with Crippen molar-refractivity contribution in [3.8, 4) is 0 Å². The third kappa shape index (κ3) is 2.71. The van der Waals surface area contributed by atoms with Gasteiger partial charge < -0.3 is 10.3 Å². The summed E-state index contributed by atoms with van der Waals surface area (Å²) < 4.78 is 1.86. The van der Waals surface area contributed by atoms with E-state index in [1.807, 2.05) is 42.8 Å². The van der Waals surface area contributed by atoms with Crippen molar-refractivity contribution in [1.29, 1.82) is 0 Å². The molecule has 132 valence electrons. The first-order chi connectivity index (χ1) is 12.4. The number of pyridine rings is 1. The number of benzene rings is 1. The van der Waals surface area contributed by atoms with E-state index >= 15 is 0 Å². The Morgan fingerprint density at radius 1 is 1.19 bits per heavy atom. The third-order valence-electron chi connectivity index (χ3n) is 4.35. The van der Waals surface area contributed by atoms with E-state index in [4.69, 9.17) is 0 Å². The molecule has 1 amide bonds. The van der Waals surface area contributed by atoms with E-state index in [0.29, 0.717) is 16.9 Å². The van der Waals surface area contributed by atoms with Gasteiger partial charge in [-0.2, -0.15) is 5.10 Å². The number of anilines is 1. The first kappa shape index (κ1) is 16.3. The highest BCUT2D eigenvalue weighted by atomic mass is 16.1. The van der Waals surface area contributed by atoms with Gasteiger partial charge in [0.15, 0.2) is 5.65 Å². The van der Waals surface area contributed by atoms with Gasteiger partial charge in [-0.05, 0) is 52.0 Å². The number of hydrogen-bond acceptors (Lipinski definition) is 4. The molecule has 0 saturated heterocycles. The molecule has 4 rings (SSSR count). The largest absolute Gasteiger partial charge is 0.342 e. The van der Waals surface area contributed by atoms with Crippen LogP contribution in [0.3, 0.4) is 0 Å². The summed E-state index contributed by atoms with van der Waals surface area (Å²) in [5.41, 5.74) is 4.49. The number of carbonyl (C=O) groups is 1. The zero-order valence-corrected chi connectivity index (χ0v) is 15.2. The molecule has 3 aromatic heterocycles. The van der Waals surface area contributed by atoms with Crippen molar-refractivity contribution in [1.82, 2.24) is 24.7 Å². The lowest BCUT2D eigenvalue weighted by Gasteiger charge is -2.10. The number of aromatic nitrogens is 5. The lowest BCUT2D eigenvalue weighted by atomic mass is 10.1. The van der Waals surface area contributed by atoms with Crippen LogP contribution in [0.4, 0.5) is 5.69 Å². The fourth-order valence-electron chi connectivity index (χ4n) is 3.09. The second-order valence-electron chi connectivity index (χ2n) is 6.73. The average molecular weight is 348 g/mol. The van der Waals surface area contributed by atoms with Crippen molar-refractivity contribution in [2.75, 3.05) is 5.32 Å². The molecule has 0 bridgehead atoms. The van der Waals surface area contributed by atoms with Crippen LogP contribution in [0.25, 0.3) is 22.1 Å². The second kappa shape index (κ2) is 5.94. The topological polar surface area (TPSA) is 88.5 Å². The van der Waals surface area contributed by atoms with Crippen LogP contribution >= 0.6 is 0 Å². The van der Waals surface area contributed by atoms with Crippen molar-refractivity contribution in [2.24, 2.45) is 0 Å². The molecule has 7 nitrogen and oxygen atoms in total. The van der Waals surface area contributed by atoms with Crippen LogP contribution < -0.4 is 5.32 Å². The molecule has 0 radical (unpaired) electrons. The van der Waals surface area contributed by atoms with Gasteiger partial charge in [-0.3, -0.25) is 4.79 Å². The number of fused-ring (bicyclic) bond motifs is 2. The number of aryl methyl sites for hydroxylation is 2. The fourth-order valence-corrected chi connectivity index (χ4v) is 3.09. The maximum Gasteiger partial charge on any atom is 0.257 e. The van der Waals surface area contributed by atoms with Gasteiger partial charge in [-0.15, -0.1) is 0 Å². The number of nitrogens with zero attached hydrogens (tertiary/aromatic N) is 4. The molecule has 1 aromatic carbocycles. The SMILES string of the molecule is Cc1nc2ccc(NC(=O)c3cc4cnn(C(C)C)c4nc3C)cc2[nH]1. The fraction of sp³-hybridized carbons (Fsp3) is 0.263. The summed E-state index contributed by atoms with van der Waals surface area (Å²) >= 11 is 0. The number of imidazole rings is 1. The summed E-state index contributed by atoms with van der Waals surface area (Å²) in [6.07, 6.45) is 1.75. The lowest BCUT2D eigenvalue weighted by Crippen LogP contribution is -2.14. The van der Waals surface area contributed by atoms with Crippen molar-refractivity contribution >= 4 is 33.7 Å². The van der Waals surface area contributed by atoms with E-state index in [9.17, 15) is 4.79 Å². The number of amides is 1. The Morgan fingerprint density at radius 2 is 2.00 bits per heavy atom. The van der Waals surface area contributed by atoms with Gasteiger partial charge in [0.2, 0.25) is 0 Å². The minimum Gasteiger partial charge on any atom is -0.342 e. The normalized spacial score (nSPS) is 11.6. The van der Waals surface area contributed by atoms with Crippen LogP contribution in [-0.4, -0.2) is 30.6 Å². The average Bonchev–Trinajstić information content (AvgIpc) is 3.15. The predicted molar refractivity (Wildman–Crippen MR) is 101 cm³/mol. The number of hydrogen-bond donors (Lipinski definition) is 2. The van der Waals surface area contributed by atoms with E-state index in [-0.39, 0.29) is 11.9 Å². The highest BCUT2D eigenvalue weighted by Gasteiger charge is 2.15. The number of carbonyl (C=O) groups excluding carboxylic acids is 1. The summed E-state index contributed by atoms with van der Waals surface area (Å²) in [7, 11) is 0. The molecular weight excluding hydrogens is 328 g/mol. The zero-order chi connectivity index (χ0) is 18.4. The molecular formula is C19H20N6O. The van der Waals surface area contributed by atoms with Crippen molar-refractivity contribution < 1.29 is 4.79 Å². The van der Waals surface area contributed by atoms with Crippen LogP contribution in [0.15, 0.2) is 30.5 Å². The van der Waals surface area contributed by atoms with Crippen LogP contribution in [-0.2, 0) is 0 Å². The van der Waals surface area contributed by atoms with Crippen LogP contribution in [0, 0.1) is 13.8 Å². The molecule has 0 fully saturated rings. The molecule has 0 atom stereocenters. The molecule has 0 spiro atoms.